The van der Waals surface area contributed by atoms with Crippen LogP contribution in [-0.2, 0) is 9.59 Å². The van der Waals surface area contributed by atoms with Crippen molar-refractivity contribution >= 4 is 23.3 Å². The van der Waals surface area contributed by atoms with Crippen molar-refractivity contribution in [2.45, 2.75) is 51.0 Å². The van der Waals surface area contributed by atoms with Crippen LogP contribution in [0.2, 0.25) is 0 Å². The van der Waals surface area contributed by atoms with Gasteiger partial charge < -0.3 is 10.2 Å². The number of anilines is 1. The fourth-order valence-electron chi connectivity index (χ4n) is 3.99. The molecule has 25 heavy (non-hydrogen) atoms. The number of carbonyl (C=O) groups excluding carboxylic acids is 2. The second-order valence-electron chi connectivity index (χ2n) is 7.01. The Morgan fingerprint density at radius 1 is 1.12 bits per heavy atom. The van der Waals surface area contributed by atoms with Crippen molar-refractivity contribution < 1.29 is 9.59 Å². The summed E-state index contributed by atoms with van der Waals surface area (Å²) in [6.07, 6.45) is 10.6. The molecule has 2 fully saturated rings. The first-order chi connectivity index (χ1) is 12.2. The predicted octanol–water partition coefficient (Wildman–Crippen LogP) is 2.24. The lowest BCUT2D eigenvalue weighted by Gasteiger charge is -2.27. The highest BCUT2D eigenvalue weighted by Gasteiger charge is 2.38. The Kier molecular flexibility index (Phi) is 4.38. The number of amides is 2. The molecule has 4 rings (SSSR count). The molecule has 1 saturated heterocycles. The summed E-state index contributed by atoms with van der Waals surface area (Å²) in [7, 11) is 0. The summed E-state index contributed by atoms with van der Waals surface area (Å²) in [4.78, 5) is 31.3. The number of carbonyl (C=O) groups is 2. The number of hydrogen-bond acceptors (Lipinski definition) is 4. The van der Waals surface area contributed by atoms with Crippen molar-refractivity contribution in [3.8, 4) is 0 Å². The maximum Gasteiger partial charge on any atom is 0.230 e. The monoisotopic (exact) mass is 341 g/mol. The highest BCUT2D eigenvalue weighted by Crippen LogP contribution is 2.28. The van der Waals surface area contributed by atoms with Gasteiger partial charge in [0.15, 0.2) is 5.65 Å². The maximum absolute atomic E-state index is 12.7. The minimum absolute atomic E-state index is 0.117. The molecule has 0 bridgehead atoms. The largest absolute Gasteiger partial charge is 0.339 e. The second-order valence-corrected chi connectivity index (χ2v) is 7.01. The first-order valence-corrected chi connectivity index (χ1v) is 9.11. The average molecular weight is 341 g/mol. The van der Waals surface area contributed by atoms with E-state index in [1.807, 2.05) is 4.90 Å². The van der Waals surface area contributed by atoms with Gasteiger partial charge in [0.25, 0.3) is 0 Å². The van der Waals surface area contributed by atoms with Crippen LogP contribution >= 0.6 is 0 Å². The molecule has 1 saturated carbocycles. The molecule has 3 heterocycles. The van der Waals surface area contributed by atoms with E-state index in [0.717, 1.165) is 12.8 Å². The van der Waals surface area contributed by atoms with Gasteiger partial charge in [-0.15, -0.1) is 0 Å². The first-order valence-electron chi connectivity index (χ1n) is 9.11. The van der Waals surface area contributed by atoms with E-state index in [-0.39, 0.29) is 17.7 Å². The molecule has 7 nitrogen and oxygen atoms in total. The third-order valence-electron chi connectivity index (χ3n) is 5.34. The zero-order chi connectivity index (χ0) is 17.2. The Morgan fingerprint density at radius 2 is 1.92 bits per heavy atom. The lowest BCUT2D eigenvalue weighted by molar-refractivity contribution is -0.130. The van der Waals surface area contributed by atoms with E-state index in [9.17, 15) is 9.59 Å². The third-order valence-corrected chi connectivity index (χ3v) is 5.34. The van der Waals surface area contributed by atoms with Crippen LogP contribution in [0, 0.1) is 5.92 Å². The van der Waals surface area contributed by atoms with Crippen LogP contribution in [0.25, 0.3) is 5.65 Å². The number of likely N-dealkylation sites (tertiary alicyclic amines) is 1. The predicted molar refractivity (Wildman–Crippen MR) is 92.9 cm³/mol. The van der Waals surface area contributed by atoms with E-state index in [4.69, 9.17) is 0 Å². The van der Waals surface area contributed by atoms with Crippen molar-refractivity contribution in [3.63, 3.8) is 0 Å². The topological polar surface area (TPSA) is 79.6 Å². The van der Waals surface area contributed by atoms with Gasteiger partial charge in [0.05, 0.1) is 12.1 Å². The lowest BCUT2D eigenvalue weighted by Crippen LogP contribution is -2.37. The van der Waals surface area contributed by atoms with E-state index < -0.39 is 0 Å². The van der Waals surface area contributed by atoms with E-state index in [1.165, 1.54) is 25.7 Å². The van der Waals surface area contributed by atoms with E-state index in [1.54, 1.807) is 29.0 Å². The van der Waals surface area contributed by atoms with Crippen molar-refractivity contribution in [3.05, 3.63) is 24.5 Å². The SMILES string of the molecule is O=C(Nc1ccnc2ccnn12)[C@@H]1CC(=O)N(C2CCCCCC2)C1. The van der Waals surface area contributed by atoms with Crippen LogP contribution in [0.15, 0.2) is 24.5 Å². The molecule has 2 aromatic heterocycles. The van der Waals surface area contributed by atoms with Gasteiger partial charge in [-0.2, -0.15) is 9.61 Å². The summed E-state index contributed by atoms with van der Waals surface area (Å²) in [6, 6.07) is 3.81. The minimum Gasteiger partial charge on any atom is -0.339 e. The molecular weight excluding hydrogens is 318 g/mol. The molecule has 0 unspecified atom stereocenters. The first kappa shape index (κ1) is 16.1. The zero-order valence-corrected chi connectivity index (χ0v) is 14.2. The van der Waals surface area contributed by atoms with Crippen LogP contribution in [-0.4, -0.2) is 43.9 Å². The Labute approximate surface area is 146 Å². The summed E-state index contributed by atoms with van der Waals surface area (Å²) in [5.74, 6) is 0.286. The zero-order valence-electron chi connectivity index (χ0n) is 14.2. The molecule has 7 heteroatoms. The lowest BCUT2D eigenvalue weighted by atomic mass is 10.1. The average Bonchev–Trinajstić information content (AvgIpc) is 3.15. The molecule has 1 N–H and O–H groups in total. The van der Waals surface area contributed by atoms with Crippen LogP contribution in [0.4, 0.5) is 5.82 Å². The fourth-order valence-corrected chi connectivity index (χ4v) is 3.99. The molecule has 1 aliphatic carbocycles. The van der Waals surface area contributed by atoms with Gasteiger partial charge in [-0.25, -0.2) is 4.98 Å². The maximum atomic E-state index is 12.7. The van der Waals surface area contributed by atoms with Crippen molar-refractivity contribution in [2.75, 3.05) is 11.9 Å². The molecule has 0 spiro atoms. The van der Waals surface area contributed by atoms with E-state index in [2.05, 4.69) is 15.4 Å². The quantitative estimate of drug-likeness (QED) is 0.868. The Bertz CT molecular complexity index is 779. The fraction of sp³-hybridized carbons (Fsp3) is 0.556. The van der Waals surface area contributed by atoms with Gasteiger partial charge in [-0.05, 0) is 18.9 Å². The van der Waals surface area contributed by atoms with Gasteiger partial charge in [0, 0.05) is 31.3 Å². The van der Waals surface area contributed by atoms with Crippen molar-refractivity contribution in [1.82, 2.24) is 19.5 Å². The van der Waals surface area contributed by atoms with E-state index >= 15 is 0 Å². The minimum atomic E-state index is -0.297. The van der Waals surface area contributed by atoms with Gasteiger partial charge in [-0.3, -0.25) is 9.59 Å². The van der Waals surface area contributed by atoms with Crippen LogP contribution in [0.1, 0.15) is 44.9 Å². The standard InChI is InChI=1S/C18H23N5O2/c24-17-11-13(12-22(17)14-5-3-1-2-4-6-14)18(25)21-16-7-9-19-15-8-10-20-23(15)16/h7-10,13-14H,1-6,11-12H2,(H,21,25)/t13-/m1/s1. The number of aromatic nitrogens is 3. The molecule has 132 valence electrons. The molecule has 1 atom stereocenters. The summed E-state index contributed by atoms with van der Waals surface area (Å²) >= 11 is 0. The van der Waals surface area contributed by atoms with Crippen molar-refractivity contribution in [2.24, 2.45) is 5.92 Å². The highest BCUT2D eigenvalue weighted by molar-refractivity contribution is 5.96. The summed E-state index contributed by atoms with van der Waals surface area (Å²) in [5, 5.41) is 7.09. The molecule has 1 aliphatic heterocycles. The number of rotatable bonds is 3. The smallest absolute Gasteiger partial charge is 0.230 e. The number of fused-ring (bicyclic) bond motifs is 1. The molecule has 2 aromatic rings. The molecule has 0 radical (unpaired) electrons. The summed E-state index contributed by atoms with van der Waals surface area (Å²) < 4.78 is 1.59. The van der Waals surface area contributed by atoms with Gasteiger partial charge >= 0.3 is 0 Å². The van der Waals surface area contributed by atoms with Crippen LogP contribution in [0.5, 0.6) is 0 Å². The van der Waals surface area contributed by atoms with Crippen molar-refractivity contribution in [1.29, 1.82) is 0 Å². The highest BCUT2D eigenvalue weighted by atomic mass is 16.2. The molecule has 2 aliphatic rings. The molecule has 0 aromatic carbocycles. The van der Waals surface area contributed by atoms with Gasteiger partial charge in [0.2, 0.25) is 11.8 Å². The van der Waals surface area contributed by atoms with Gasteiger partial charge in [0.1, 0.15) is 5.82 Å². The molecular formula is C18H23N5O2. The summed E-state index contributed by atoms with van der Waals surface area (Å²) in [6.45, 7) is 0.530. The van der Waals surface area contributed by atoms with Gasteiger partial charge in [-0.1, -0.05) is 25.7 Å². The molecule has 2 amide bonds. The van der Waals surface area contributed by atoms with Crippen LogP contribution in [0.3, 0.4) is 0 Å². The second kappa shape index (κ2) is 6.82. The Morgan fingerprint density at radius 3 is 2.72 bits per heavy atom. The Balaban J connectivity index is 1.44. The van der Waals surface area contributed by atoms with E-state index in [0.29, 0.717) is 30.5 Å². The third kappa shape index (κ3) is 3.23. The van der Waals surface area contributed by atoms with Crippen LogP contribution < -0.4 is 5.32 Å². The number of hydrogen-bond donors (Lipinski definition) is 1. The normalized spacial score (nSPS) is 22.3. The number of nitrogens with zero attached hydrogens (tertiary/aromatic N) is 4. The summed E-state index contributed by atoms with van der Waals surface area (Å²) in [5.41, 5.74) is 0.681. The Hall–Kier alpha value is -2.44. The number of nitrogens with one attached hydrogen (secondary N) is 1.